The Morgan fingerprint density at radius 3 is 1.00 bits per heavy atom. The Morgan fingerprint density at radius 2 is 0.875 bits per heavy atom. The molecule has 0 atom stereocenters. The van der Waals surface area contributed by atoms with E-state index in [4.69, 9.17) is 25.3 Å². The Hall–Kier alpha value is 1.92. The quantitative estimate of drug-likeness (QED) is 0.422. The summed E-state index contributed by atoms with van der Waals surface area (Å²) in [5.74, 6) is 0. The second-order valence-electron chi connectivity index (χ2n) is 4.60. The van der Waals surface area contributed by atoms with E-state index in [1.807, 2.05) is 27.7 Å². The van der Waals surface area contributed by atoms with Crippen molar-refractivity contribution in [1.29, 1.82) is 0 Å². The van der Waals surface area contributed by atoms with Crippen molar-refractivity contribution >= 4 is 25.3 Å². The fourth-order valence-electron chi connectivity index (χ4n) is 1.27. The van der Waals surface area contributed by atoms with E-state index in [1.54, 1.807) is 0 Å². The summed E-state index contributed by atoms with van der Waals surface area (Å²) >= 11 is 10.7. The van der Waals surface area contributed by atoms with Crippen LogP contribution in [0.15, 0.2) is 24.3 Å². The van der Waals surface area contributed by atoms with Gasteiger partial charge in [-0.25, -0.2) is 0 Å². The standard InChI is InChI=1S/C12H18S2.2Na/c1-11(2,13)9-5-7-10(8-6-9)12(3,4)14;;/h5-8,13-14H,1-4H3;;/q;2*+1/p-2. The van der Waals surface area contributed by atoms with E-state index in [2.05, 4.69) is 24.3 Å². The van der Waals surface area contributed by atoms with Crippen LogP contribution in [0.2, 0.25) is 0 Å². The van der Waals surface area contributed by atoms with Crippen molar-refractivity contribution in [3.63, 3.8) is 0 Å². The number of rotatable bonds is 2. The van der Waals surface area contributed by atoms with Gasteiger partial charge in [0.1, 0.15) is 0 Å². The zero-order chi connectivity index (χ0) is 11.0. The summed E-state index contributed by atoms with van der Waals surface area (Å²) in [5.41, 5.74) is 2.35. The van der Waals surface area contributed by atoms with Crippen LogP contribution < -0.4 is 59.1 Å². The van der Waals surface area contributed by atoms with Gasteiger partial charge in [0.2, 0.25) is 0 Å². The molecule has 1 rings (SSSR count). The molecule has 78 valence electrons. The average molecular weight is 270 g/mol. The molecule has 4 heteroatoms. The van der Waals surface area contributed by atoms with Gasteiger partial charge in [0, 0.05) is 0 Å². The van der Waals surface area contributed by atoms with Crippen molar-refractivity contribution < 1.29 is 59.1 Å². The van der Waals surface area contributed by atoms with E-state index in [1.165, 1.54) is 11.1 Å². The van der Waals surface area contributed by atoms with E-state index < -0.39 is 0 Å². The molecule has 1 aromatic rings. The van der Waals surface area contributed by atoms with Crippen LogP contribution in [0.3, 0.4) is 0 Å². The third kappa shape index (κ3) is 6.19. The fraction of sp³-hybridized carbons (Fsp3) is 0.500. The Labute approximate surface area is 155 Å². The minimum absolute atomic E-state index is 0. The Kier molecular flexibility index (Phi) is 9.48. The second kappa shape index (κ2) is 7.49. The molecule has 0 aliphatic heterocycles. The van der Waals surface area contributed by atoms with E-state index in [9.17, 15) is 0 Å². The van der Waals surface area contributed by atoms with Crippen LogP contribution >= 0.6 is 0 Å². The first kappa shape index (κ1) is 20.2. The molecule has 0 aromatic heterocycles. The first-order valence-corrected chi connectivity index (χ1v) is 5.55. The van der Waals surface area contributed by atoms with Gasteiger partial charge in [0.25, 0.3) is 0 Å². The Bertz CT molecular complexity index is 274. The maximum absolute atomic E-state index is 5.36. The number of benzene rings is 1. The molecule has 0 radical (unpaired) electrons. The van der Waals surface area contributed by atoms with Gasteiger partial charge in [0.15, 0.2) is 0 Å². The first-order chi connectivity index (χ1) is 6.21. The number of hydrogen-bond donors (Lipinski definition) is 0. The minimum atomic E-state index is -0.190. The van der Waals surface area contributed by atoms with Crippen LogP contribution in [0.25, 0.3) is 0 Å². The SMILES string of the molecule is CC(C)([S-])c1ccc(C(C)(C)[S-])cc1.[Na+].[Na+]. The molecule has 0 heterocycles. The van der Waals surface area contributed by atoms with Crippen molar-refractivity contribution in [3.8, 4) is 0 Å². The molecule has 0 bridgehead atoms. The molecule has 0 nitrogen and oxygen atoms in total. The molecule has 0 amide bonds. The van der Waals surface area contributed by atoms with Crippen molar-refractivity contribution in [2.45, 2.75) is 37.2 Å². The van der Waals surface area contributed by atoms with E-state index in [0.717, 1.165) is 0 Å². The van der Waals surface area contributed by atoms with E-state index in [0.29, 0.717) is 0 Å². The van der Waals surface area contributed by atoms with Crippen molar-refractivity contribution in [2.24, 2.45) is 0 Å². The van der Waals surface area contributed by atoms with Gasteiger partial charge in [-0.3, -0.25) is 0 Å². The minimum Gasteiger partial charge on any atom is -0.782 e. The molecule has 16 heavy (non-hydrogen) atoms. The molecule has 0 saturated carbocycles. The first-order valence-electron chi connectivity index (χ1n) is 4.73. The number of hydrogen-bond acceptors (Lipinski definition) is 2. The predicted molar refractivity (Wildman–Crippen MR) is 67.2 cm³/mol. The van der Waals surface area contributed by atoms with Crippen molar-refractivity contribution in [2.75, 3.05) is 0 Å². The monoisotopic (exact) mass is 270 g/mol. The van der Waals surface area contributed by atoms with Gasteiger partial charge in [-0.05, 0) is 0 Å². The molecule has 0 fully saturated rings. The fourth-order valence-corrected chi connectivity index (χ4v) is 1.55. The molecule has 0 saturated heterocycles. The summed E-state index contributed by atoms with van der Waals surface area (Å²) in [6, 6.07) is 8.32. The zero-order valence-corrected chi connectivity index (χ0v) is 16.8. The van der Waals surface area contributed by atoms with Crippen LogP contribution in [-0.4, -0.2) is 0 Å². The molecule has 1 aromatic carbocycles. The van der Waals surface area contributed by atoms with Gasteiger partial charge in [-0.1, -0.05) is 63.1 Å². The second-order valence-corrected chi connectivity index (χ2v) is 6.64. The largest absolute Gasteiger partial charge is 1.00 e. The summed E-state index contributed by atoms with van der Waals surface area (Å²) in [7, 11) is 0. The van der Waals surface area contributed by atoms with Gasteiger partial charge < -0.3 is 25.3 Å². The molecule has 0 spiro atoms. The van der Waals surface area contributed by atoms with Crippen LogP contribution in [0.1, 0.15) is 38.8 Å². The average Bonchev–Trinajstić information content (AvgIpc) is 2.01. The maximum Gasteiger partial charge on any atom is 1.00 e. The van der Waals surface area contributed by atoms with E-state index >= 15 is 0 Å². The summed E-state index contributed by atoms with van der Waals surface area (Å²) in [6.45, 7) is 8.15. The van der Waals surface area contributed by atoms with Crippen LogP contribution in [0, 0.1) is 0 Å². The topological polar surface area (TPSA) is 0 Å². The molecule has 0 aliphatic carbocycles. The van der Waals surface area contributed by atoms with Crippen molar-refractivity contribution in [1.82, 2.24) is 0 Å². The van der Waals surface area contributed by atoms with Crippen LogP contribution in [0.5, 0.6) is 0 Å². The summed E-state index contributed by atoms with van der Waals surface area (Å²) < 4.78 is -0.381. The van der Waals surface area contributed by atoms with Crippen LogP contribution in [-0.2, 0) is 34.8 Å². The van der Waals surface area contributed by atoms with Gasteiger partial charge in [0.05, 0.1) is 0 Å². The molecular weight excluding hydrogens is 254 g/mol. The zero-order valence-electron chi connectivity index (χ0n) is 11.1. The molecule has 0 N–H and O–H groups in total. The third-order valence-electron chi connectivity index (χ3n) is 2.28. The van der Waals surface area contributed by atoms with Gasteiger partial charge in [-0.2, -0.15) is 0 Å². The van der Waals surface area contributed by atoms with E-state index in [-0.39, 0.29) is 68.6 Å². The molecule has 0 unspecified atom stereocenters. The summed E-state index contributed by atoms with van der Waals surface area (Å²) in [4.78, 5) is 0. The van der Waals surface area contributed by atoms with Gasteiger partial charge >= 0.3 is 59.1 Å². The summed E-state index contributed by atoms with van der Waals surface area (Å²) in [6.07, 6.45) is 0. The van der Waals surface area contributed by atoms with Crippen molar-refractivity contribution in [3.05, 3.63) is 35.4 Å². The van der Waals surface area contributed by atoms with Crippen LogP contribution in [0.4, 0.5) is 0 Å². The molecular formula is C12H16Na2S2. The third-order valence-corrected chi connectivity index (χ3v) is 2.75. The van der Waals surface area contributed by atoms with Gasteiger partial charge in [-0.15, -0.1) is 9.49 Å². The smallest absolute Gasteiger partial charge is 0.782 e. The maximum atomic E-state index is 5.36. The summed E-state index contributed by atoms with van der Waals surface area (Å²) in [5, 5.41) is 0. The Balaban J connectivity index is 0. The normalized spacial score (nSPS) is 11.4. The predicted octanol–water partition coefficient (Wildman–Crippen LogP) is -2.74. The molecule has 0 aliphatic rings. The Morgan fingerprint density at radius 1 is 0.688 bits per heavy atom.